The molecule has 0 aliphatic carbocycles. The Morgan fingerprint density at radius 1 is 1.00 bits per heavy atom. The van der Waals surface area contributed by atoms with Crippen molar-refractivity contribution < 1.29 is 4.74 Å². The van der Waals surface area contributed by atoms with Crippen molar-refractivity contribution >= 4 is 24.9 Å². The van der Waals surface area contributed by atoms with Gasteiger partial charge in [0.1, 0.15) is 12.4 Å². The predicted octanol–water partition coefficient (Wildman–Crippen LogP) is 5.03. The van der Waals surface area contributed by atoms with E-state index in [1.165, 1.54) is 10.8 Å². The SMILES string of the molecule is CCc1cc(OCc2ccc([Si](C)(C)C)cc2)ccc1Cl. The van der Waals surface area contributed by atoms with Crippen LogP contribution in [0.5, 0.6) is 5.75 Å². The van der Waals surface area contributed by atoms with Gasteiger partial charge >= 0.3 is 0 Å². The minimum atomic E-state index is -1.22. The third-order valence-electron chi connectivity index (χ3n) is 3.62. The van der Waals surface area contributed by atoms with Gasteiger partial charge in [-0.25, -0.2) is 0 Å². The van der Waals surface area contributed by atoms with Gasteiger partial charge in [0.25, 0.3) is 0 Å². The van der Waals surface area contributed by atoms with Crippen LogP contribution in [0.15, 0.2) is 42.5 Å². The molecule has 1 nitrogen and oxygen atoms in total. The van der Waals surface area contributed by atoms with Gasteiger partial charge in [-0.05, 0) is 35.7 Å². The number of hydrogen-bond acceptors (Lipinski definition) is 1. The van der Waals surface area contributed by atoms with Crippen LogP contribution in [0.2, 0.25) is 24.7 Å². The van der Waals surface area contributed by atoms with E-state index in [4.69, 9.17) is 16.3 Å². The second-order valence-electron chi connectivity index (χ2n) is 6.34. The molecule has 2 aromatic carbocycles. The molecular formula is C18H23ClOSi. The first kappa shape index (κ1) is 16.1. The molecule has 0 spiro atoms. The fourth-order valence-electron chi connectivity index (χ4n) is 2.18. The fourth-order valence-corrected chi connectivity index (χ4v) is 3.60. The molecular weight excluding hydrogens is 296 g/mol. The maximum atomic E-state index is 6.12. The zero-order chi connectivity index (χ0) is 15.5. The Bertz CT molecular complexity index is 600. The van der Waals surface area contributed by atoms with Crippen molar-refractivity contribution in [3.63, 3.8) is 0 Å². The van der Waals surface area contributed by atoms with Crippen LogP contribution < -0.4 is 9.92 Å². The predicted molar refractivity (Wildman–Crippen MR) is 94.6 cm³/mol. The number of benzene rings is 2. The molecule has 0 amide bonds. The molecule has 0 bridgehead atoms. The first-order valence-corrected chi connectivity index (χ1v) is 11.3. The normalized spacial score (nSPS) is 11.5. The van der Waals surface area contributed by atoms with Gasteiger partial charge < -0.3 is 4.74 Å². The van der Waals surface area contributed by atoms with Crippen molar-refractivity contribution in [3.8, 4) is 5.75 Å². The molecule has 0 N–H and O–H groups in total. The molecule has 2 rings (SSSR count). The Morgan fingerprint density at radius 2 is 1.67 bits per heavy atom. The van der Waals surface area contributed by atoms with E-state index in [-0.39, 0.29) is 0 Å². The van der Waals surface area contributed by atoms with Crippen LogP contribution in [-0.4, -0.2) is 8.07 Å². The third-order valence-corrected chi connectivity index (χ3v) is 6.06. The average molecular weight is 319 g/mol. The van der Waals surface area contributed by atoms with E-state index in [1.54, 1.807) is 0 Å². The summed E-state index contributed by atoms with van der Waals surface area (Å²) in [6.45, 7) is 9.77. The molecule has 3 heteroatoms. The van der Waals surface area contributed by atoms with Crippen molar-refractivity contribution in [2.24, 2.45) is 0 Å². The molecule has 0 saturated carbocycles. The van der Waals surface area contributed by atoms with Crippen LogP contribution >= 0.6 is 11.6 Å². The lowest BCUT2D eigenvalue weighted by atomic mass is 10.1. The lowest BCUT2D eigenvalue weighted by molar-refractivity contribution is 0.306. The molecule has 0 atom stereocenters. The van der Waals surface area contributed by atoms with Gasteiger partial charge in [-0.2, -0.15) is 0 Å². The van der Waals surface area contributed by atoms with E-state index >= 15 is 0 Å². The summed E-state index contributed by atoms with van der Waals surface area (Å²) in [5, 5.41) is 2.29. The Morgan fingerprint density at radius 3 is 2.24 bits per heavy atom. The molecule has 2 aromatic rings. The van der Waals surface area contributed by atoms with Gasteiger partial charge in [0, 0.05) is 5.02 Å². The summed E-state index contributed by atoms with van der Waals surface area (Å²) in [5.74, 6) is 0.880. The highest BCUT2D eigenvalue weighted by Crippen LogP contribution is 2.23. The van der Waals surface area contributed by atoms with Crippen molar-refractivity contribution in [2.75, 3.05) is 0 Å². The molecule has 0 aliphatic heterocycles. The molecule has 0 fully saturated rings. The monoisotopic (exact) mass is 318 g/mol. The zero-order valence-electron chi connectivity index (χ0n) is 13.2. The fraction of sp³-hybridized carbons (Fsp3) is 0.333. The van der Waals surface area contributed by atoms with E-state index in [2.05, 4.69) is 50.8 Å². The summed E-state index contributed by atoms with van der Waals surface area (Å²) >= 11 is 6.12. The van der Waals surface area contributed by atoms with Crippen LogP contribution in [0.25, 0.3) is 0 Å². The third kappa shape index (κ3) is 4.35. The minimum absolute atomic E-state index is 0.594. The first-order valence-electron chi connectivity index (χ1n) is 7.41. The second-order valence-corrected chi connectivity index (χ2v) is 11.8. The Labute approximate surface area is 133 Å². The highest BCUT2D eigenvalue weighted by molar-refractivity contribution is 6.88. The lowest BCUT2D eigenvalue weighted by Gasteiger charge is -2.17. The second kappa shape index (κ2) is 6.67. The molecule has 0 saturated heterocycles. The maximum Gasteiger partial charge on any atom is 0.120 e. The van der Waals surface area contributed by atoms with Gasteiger partial charge in [-0.3, -0.25) is 0 Å². The van der Waals surface area contributed by atoms with Gasteiger partial charge in [0.2, 0.25) is 0 Å². The Kier molecular flexibility index (Phi) is 5.12. The molecule has 0 unspecified atom stereocenters. The standard InChI is InChI=1S/C18H23ClOSi/c1-5-15-12-16(8-11-18(15)19)20-13-14-6-9-17(10-7-14)21(2,3)4/h6-12H,5,13H2,1-4H3. The van der Waals surface area contributed by atoms with Crippen molar-refractivity contribution in [2.45, 2.75) is 39.6 Å². The lowest BCUT2D eigenvalue weighted by Crippen LogP contribution is -2.37. The van der Waals surface area contributed by atoms with Crippen LogP contribution in [0.3, 0.4) is 0 Å². The summed E-state index contributed by atoms with van der Waals surface area (Å²) in [5.41, 5.74) is 2.33. The van der Waals surface area contributed by atoms with Crippen LogP contribution in [-0.2, 0) is 13.0 Å². The van der Waals surface area contributed by atoms with E-state index in [0.29, 0.717) is 6.61 Å². The highest BCUT2D eigenvalue weighted by atomic mass is 35.5. The Hall–Kier alpha value is -1.25. The molecule has 0 aromatic heterocycles. The maximum absolute atomic E-state index is 6.12. The average Bonchev–Trinajstić information content (AvgIpc) is 2.46. The van der Waals surface area contributed by atoms with E-state index < -0.39 is 8.07 Å². The minimum Gasteiger partial charge on any atom is -0.489 e. The molecule has 0 aliphatic rings. The summed E-state index contributed by atoms with van der Waals surface area (Å²) in [6, 6.07) is 14.7. The summed E-state index contributed by atoms with van der Waals surface area (Å²) in [7, 11) is -1.22. The molecule has 21 heavy (non-hydrogen) atoms. The van der Waals surface area contributed by atoms with E-state index in [0.717, 1.165) is 22.8 Å². The van der Waals surface area contributed by atoms with E-state index in [9.17, 15) is 0 Å². The van der Waals surface area contributed by atoms with Crippen LogP contribution in [0.4, 0.5) is 0 Å². The van der Waals surface area contributed by atoms with Gasteiger partial charge in [-0.15, -0.1) is 0 Å². The van der Waals surface area contributed by atoms with Crippen LogP contribution in [0, 0.1) is 0 Å². The topological polar surface area (TPSA) is 9.23 Å². The van der Waals surface area contributed by atoms with Gasteiger partial charge in [0.15, 0.2) is 0 Å². The first-order chi connectivity index (χ1) is 9.90. The quantitative estimate of drug-likeness (QED) is 0.703. The number of halogens is 1. The largest absolute Gasteiger partial charge is 0.489 e. The number of hydrogen-bond donors (Lipinski definition) is 0. The van der Waals surface area contributed by atoms with Gasteiger partial charge in [-0.1, -0.05) is 67.6 Å². The molecule has 112 valence electrons. The van der Waals surface area contributed by atoms with E-state index in [1.807, 2.05) is 18.2 Å². The number of ether oxygens (including phenoxy) is 1. The summed E-state index contributed by atoms with van der Waals surface area (Å²) < 4.78 is 5.87. The highest BCUT2D eigenvalue weighted by Gasteiger charge is 2.15. The molecule has 0 radical (unpaired) electrons. The van der Waals surface area contributed by atoms with Crippen molar-refractivity contribution in [3.05, 3.63) is 58.6 Å². The number of aryl methyl sites for hydroxylation is 1. The van der Waals surface area contributed by atoms with Crippen LogP contribution in [0.1, 0.15) is 18.1 Å². The smallest absolute Gasteiger partial charge is 0.120 e. The summed E-state index contributed by atoms with van der Waals surface area (Å²) in [4.78, 5) is 0. The van der Waals surface area contributed by atoms with Crippen molar-refractivity contribution in [1.29, 1.82) is 0 Å². The Balaban J connectivity index is 2.03. The van der Waals surface area contributed by atoms with Crippen molar-refractivity contribution in [1.82, 2.24) is 0 Å². The number of rotatable bonds is 5. The molecule has 0 heterocycles. The zero-order valence-corrected chi connectivity index (χ0v) is 15.0. The summed E-state index contributed by atoms with van der Waals surface area (Å²) in [6.07, 6.45) is 0.918. The van der Waals surface area contributed by atoms with Gasteiger partial charge in [0.05, 0.1) is 8.07 Å².